The second-order valence-corrected chi connectivity index (χ2v) is 4.92. The van der Waals surface area contributed by atoms with Crippen LogP contribution in [0.4, 0.5) is 0 Å². The fourth-order valence-electron chi connectivity index (χ4n) is 1.90. The molecular formula is C14H9Cl2N3. The molecule has 3 nitrogen and oxygen atoms in total. The maximum atomic E-state index is 6.19. The summed E-state index contributed by atoms with van der Waals surface area (Å²) in [4.78, 5) is 12.8. The van der Waals surface area contributed by atoms with Crippen LogP contribution in [0.2, 0.25) is 10.3 Å². The first-order valence-corrected chi connectivity index (χ1v) is 6.45. The standard InChI is InChI=1S/C14H9Cl2N3/c1-8-3-2-4-9(7-8)14-18-11-10(12(15)19-14)5-6-17-13(11)16/h2-7H,1H3. The highest BCUT2D eigenvalue weighted by atomic mass is 35.5. The van der Waals surface area contributed by atoms with Gasteiger partial charge in [-0.3, -0.25) is 0 Å². The molecule has 0 amide bonds. The molecule has 3 aromatic rings. The van der Waals surface area contributed by atoms with Crippen molar-refractivity contribution in [3.63, 3.8) is 0 Å². The molecule has 2 heterocycles. The molecule has 0 N–H and O–H groups in total. The van der Waals surface area contributed by atoms with Crippen LogP contribution < -0.4 is 0 Å². The zero-order valence-corrected chi connectivity index (χ0v) is 11.6. The lowest BCUT2D eigenvalue weighted by Gasteiger charge is -2.05. The molecule has 0 fully saturated rings. The molecule has 0 saturated carbocycles. The number of benzene rings is 1. The third-order valence-corrected chi connectivity index (χ3v) is 3.36. The quantitative estimate of drug-likeness (QED) is 0.495. The van der Waals surface area contributed by atoms with Gasteiger partial charge in [-0.25, -0.2) is 15.0 Å². The van der Waals surface area contributed by atoms with E-state index in [-0.39, 0.29) is 0 Å². The van der Waals surface area contributed by atoms with Crippen molar-refractivity contribution in [2.75, 3.05) is 0 Å². The number of nitrogens with zero attached hydrogens (tertiary/aromatic N) is 3. The van der Waals surface area contributed by atoms with Gasteiger partial charge < -0.3 is 0 Å². The monoisotopic (exact) mass is 289 g/mol. The first-order chi connectivity index (χ1) is 9.15. The molecule has 0 atom stereocenters. The molecule has 0 aliphatic rings. The zero-order valence-electron chi connectivity index (χ0n) is 10.1. The minimum absolute atomic E-state index is 0.329. The van der Waals surface area contributed by atoms with E-state index >= 15 is 0 Å². The van der Waals surface area contributed by atoms with Crippen molar-refractivity contribution < 1.29 is 0 Å². The average Bonchev–Trinajstić information content (AvgIpc) is 2.40. The number of aromatic nitrogens is 3. The maximum Gasteiger partial charge on any atom is 0.161 e. The van der Waals surface area contributed by atoms with Crippen LogP contribution in [0.5, 0.6) is 0 Å². The van der Waals surface area contributed by atoms with Gasteiger partial charge in [-0.05, 0) is 19.1 Å². The van der Waals surface area contributed by atoms with Gasteiger partial charge in [-0.15, -0.1) is 0 Å². The lowest BCUT2D eigenvalue weighted by Crippen LogP contribution is -1.93. The Morgan fingerprint density at radius 2 is 1.84 bits per heavy atom. The third kappa shape index (κ3) is 2.27. The molecule has 19 heavy (non-hydrogen) atoms. The number of hydrogen-bond donors (Lipinski definition) is 0. The number of pyridine rings is 1. The largest absolute Gasteiger partial charge is 0.242 e. The molecule has 2 aromatic heterocycles. The summed E-state index contributed by atoms with van der Waals surface area (Å²) in [5, 5.41) is 1.42. The van der Waals surface area contributed by atoms with Crippen molar-refractivity contribution in [3.8, 4) is 11.4 Å². The third-order valence-electron chi connectivity index (χ3n) is 2.80. The Hall–Kier alpha value is -1.71. The van der Waals surface area contributed by atoms with Gasteiger partial charge >= 0.3 is 0 Å². The Kier molecular flexibility index (Phi) is 3.09. The van der Waals surface area contributed by atoms with Crippen LogP contribution in [-0.4, -0.2) is 15.0 Å². The van der Waals surface area contributed by atoms with Gasteiger partial charge in [0, 0.05) is 17.1 Å². The van der Waals surface area contributed by atoms with Crippen LogP contribution in [0.3, 0.4) is 0 Å². The van der Waals surface area contributed by atoms with Crippen LogP contribution in [0.1, 0.15) is 5.56 Å². The predicted molar refractivity (Wildman–Crippen MR) is 77.5 cm³/mol. The molecule has 0 radical (unpaired) electrons. The molecule has 3 rings (SSSR count). The smallest absolute Gasteiger partial charge is 0.161 e. The van der Waals surface area contributed by atoms with Crippen LogP contribution in [-0.2, 0) is 0 Å². The maximum absolute atomic E-state index is 6.19. The van der Waals surface area contributed by atoms with Gasteiger partial charge in [0.15, 0.2) is 11.0 Å². The van der Waals surface area contributed by atoms with Gasteiger partial charge in [-0.1, -0.05) is 47.0 Å². The zero-order chi connectivity index (χ0) is 13.4. The van der Waals surface area contributed by atoms with Crippen LogP contribution >= 0.6 is 23.2 Å². The van der Waals surface area contributed by atoms with Gasteiger partial charge in [-0.2, -0.15) is 0 Å². The fourth-order valence-corrected chi connectivity index (χ4v) is 2.33. The van der Waals surface area contributed by atoms with Gasteiger partial charge in [0.1, 0.15) is 10.7 Å². The number of aryl methyl sites for hydroxylation is 1. The molecule has 0 bridgehead atoms. The first kappa shape index (κ1) is 12.3. The van der Waals surface area contributed by atoms with E-state index in [4.69, 9.17) is 23.2 Å². The molecule has 5 heteroatoms. The van der Waals surface area contributed by atoms with Crippen LogP contribution in [0.15, 0.2) is 36.5 Å². The Labute approximate surface area is 120 Å². The normalized spacial score (nSPS) is 10.9. The fraction of sp³-hybridized carbons (Fsp3) is 0.0714. The van der Waals surface area contributed by atoms with Crippen molar-refractivity contribution >= 4 is 34.1 Å². The minimum Gasteiger partial charge on any atom is -0.242 e. The molecule has 0 saturated heterocycles. The van der Waals surface area contributed by atoms with Crippen molar-refractivity contribution in [3.05, 3.63) is 52.4 Å². The summed E-state index contributed by atoms with van der Waals surface area (Å²) in [5.74, 6) is 0.552. The highest BCUT2D eigenvalue weighted by Gasteiger charge is 2.10. The minimum atomic E-state index is 0.329. The van der Waals surface area contributed by atoms with E-state index in [1.165, 1.54) is 0 Å². The number of fused-ring (bicyclic) bond motifs is 1. The Morgan fingerprint density at radius 1 is 1.00 bits per heavy atom. The van der Waals surface area contributed by atoms with Gasteiger partial charge in [0.2, 0.25) is 0 Å². The van der Waals surface area contributed by atoms with Crippen molar-refractivity contribution in [2.24, 2.45) is 0 Å². The van der Waals surface area contributed by atoms with E-state index in [0.717, 1.165) is 11.1 Å². The molecule has 1 aromatic carbocycles. The Morgan fingerprint density at radius 3 is 2.63 bits per heavy atom. The summed E-state index contributed by atoms with van der Waals surface area (Å²) in [6.45, 7) is 2.01. The van der Waals surface area contributed by atoms with E-state index in [1.807, 2.05) is 31.2 Å². The van der Waals surface area contributed by atoms with E-state index in [1.54, 1.807) is 12.3 Å². The summed E-state index contributed by atoms with van der Waals surface area (Å²) < 4.78 is 0. The predicted octanol–water partition coefficient (Wildman–Crippen LogP) is 4.31. The van der Waals surface area contributed by atoms with Gasteiger partial charge in [0.25, 0.3) is 0 Å². The molecule has 0 spiro atoms. The SMILES string of the molecule is Cc1cccc(-c2nc(Cl)c3ccnc(Cl)c3n2)c1. The summed E-state index contributed by atoms with van der Waals surface area (Å²) in [6.07, 6.45) is 1.59. The summed E-state index contributed by atoms with van der Waals surface area (Å²) in [7, 11) is 0. The van der Waals surface area contributed by atoms with E-state index in [9.17, 15) is 0 Å². The van der Waals surface area contributed by atoms with E-state index in [2.05, 4.69) is 15.0 Å². The van der Waals surface area contributed by atoms with Crippen LogP contribution in [0, 0.1) is 6.92 Å². The second kappa shape index (κ2) is 4.76. The summed E-state index contributed by atoms with van der Waals surface area (Å²) in [6, 6.07) is 9.66. The molecule has 0 unspecified atom stereocenters. The van der Waals surface area contributed by atoms with E-state index < -0.39 is 0 Å². The molecule has 0 aliphatic carbocycles. The Balaban J connectivity index is 2.29. The molecule has 94 valence electrons. The van der Waals surface area contributed by atoms with Gasteiger partial charge in [0.05, 0.1) is 0 Å². The summed E-state index contributed by atoms with van der Waals surface area (Å²) >= 11 is 12.2. The molecule has 0 aliphatic heterocycles. The van der Waals surface area contributed by atoms with Crippen LogP contribution in [0.25, 0.3) is 22.3 Å². The number of rotatable bonds is 1. The average molecular weight is 290 g/mol. The Bertz CT molecular complexity index is 772. The van der Waals surface area contributed by atoms with Crippen molar-refractivity contribution in [2.45, 2.75) is 6.92 Å². The first-order valence-electron chi connectivity index (χ1n) is 5.70. The topological polar surface area (TPSA) is 38.7 Å². The lowest BCUT2D eigenvalue weighted by atomic mass is 10.1. The number of halogens is 2. The highest BCUT2D eigenvalue weighted by molar-refractivity contribution is 6.37. The van der Waals surface area contributed by atoms with Crippen molar-refractivity contribution in [1.29, 1.82) is 0 Å². The lowest BCUT2D eigenvalue weighted by molar-refractivity contribution is 1.20. The van der Waals surface area contributed by atoms with E-state index in [0.29, 0.717) is 27.0 Å². The summed E-state index contributed by atoms with van der Waals surface area (Å²) in [5.41, 5.74) is 2.61. The molecular weight excluding hydrogens is 281 g/mol. The van der Waals surface area contributed by atoms with Crippen molar-refractivity contribution in [1.82, 2.24) is 15.0 Å². The second-order valence-electron chi connectivity index (χ2n) is 4.21. The number of hydrogen-bond acceptors (Lipinski definition) is 3. The highest BCUT2D eigenvalue weighted by Crippen LogP contribution is 2.27.